The number of halogens is 1. The molecular formula is C14H17FO5. The maximum absolute atomic E-state index is 14.3. The van der Waals surface area contributed by atoms with Crippen molar-refractivity contribution < 1.29 is 28.9 Å². The molecule has 0 aliphatic carbocycles. The number of benzene rings is 1. The van der Waals surface area contributed by atoms with Crippen LogP contribution in [-0.4, -0.2) is 29.4 Å². The summed E-state index contributed by atoms with van der Waals surface area (Å²) in [4.78, 5) is 11.0. The Hall–Kier alpha value is -1.82. The lowest BCUT2D eigenvalue weighted by atomic mass is 9.91. The van der Waals surface area contributed by atoms with Gasteiger partial charge in [0.25, 0.3) is 0 Å². The number of ether oxygens (including phenoxy) is 2. The summed E-state index contributed by atoms with van der Waals surface area (Å²) in [6.45, 7) is 3.46. The van der Waals surface area contributed by atoms with E-state index in [2.05, 4.69) is 0 Å². The van der Waals surface area contributed by atoms with E-state index in [1.54, 1.807) is 0 Å². The number of alkyl halides is 1. The third kappa shape index (κ3) is 2.85. The molecule has 1 atom stereocenters. The van der Waals surface area contributed by atoms with Crippen molar-refractivity contribution in [2.24, 2.45) is 0 Å². The molecule has 0 aromatic heterocycles. The van der Waals surface area contributed by atoms with E-state index in [0.29, 0.717) is 31.1 Å². The Morgan fingerprint density at radius 1 is 1.30 bits per heavy atom. The van der Waals surface area contributed by atoms with E-state index in [-0.39, 0.29) is 11.1 Å². The van der Waals surface area contributed by atoms with Crippen LogP contribution >= 0.6 is 0 Å². The van der Waals surface area contributed by atoms with Crippen LogP contribution in [0.15, 0.2) is 12.1 Å². The number of hydrogen-bond acceptors (Lipinski definition) is 4. The van der Waals surface area contributed by atoms with E-state index >= 15 is 0 Å². The van der Waals surface area contributed by atoms with Crippen molar-refractivity contribution in [3.63, 3.8) is 0 Å². The third-order valence-electron chi connectivity index (χ3n) is 3.09. The van der Waals surface area contributed by atoms with Crippen molar-refractivity contribution in [2.75, 3.05) is 13.2 Å². The summed E-state index contributed by atoms with van der Waals surface area (Å²) in [5.41, 5.74) is -1.75. The normalized spacial score (nSPS) is 16.4. The highest BCUT2D eigenvalue weighted by molar-refractivity contribution is 5.75. The highest BCUT2D eigenvalue weighted by Gasteiger charge is 2.31. The van der Waals surface area contributed by atoms with Gasteiger partial charge in [0.05, 0.1) is 13.2 Å². The molecular weight excluding hydrogens is 267 g/mol. The number of carboxylic acid groups (broad SMARTS) is 1. The zero-order valence-electron chi connectivity index (χ0n) is 11.4. The summed E-state index contributed by atoms with van der Waals surface area (Å²) in [6.07, 6.45) is -1.13. The molecule has 1 heterocycles. The van der Waals surface area contributed by atoms with Crippen LogP contribution in [-0.2, 0) is 10.5 Å². The van der Waals surface area contributed by atoms with Crippen molar-refractivity contribution in [2.45, 2.75) is 32.0 Å². The Kier molecular flexibility index (Phi) is 3.85. The average molecular weight is 284 g/mol. The molecule has 0 saturated heterocycles. The van der Waals surface area contributed by atoms with Crippen LogP contribution in [0.1, 0.15) is 37.5 Å². The van der Waals surface area contributed by atoms with E-state index in [4.69, 9.17) is 14.6 Å². The molecule has 6 heteroatoms. The van der Waals surface area contributed by atoms with Gasteiger partial charge in [-0.2, -0.15) is 0 Å². The van der Waals surface area contributed by atoms with Gasteiger partial charge in [-0.3, -0.25) is 0 Å². The molecule has 1 aromatic rings. The topological polar surface area (TPSA) is 76.0 Å². The van der Waals surface area contributed by atoms with Gasteiger partial charge >= 0.3 is 5.97 Å². The Morgan fingerprint density at radius 2 is 1.85 bits per heavy atom. The molecule has 1 aliphatic heterocycles. The molecule has 0 radical (unpaired) electrons. The fraction of sp³-hybridized carbons (Fsp3) is 0.500. The molecule has 0 amide bonds. The molecule has 5 nitrogen and oxygen atoms in total. The van der Waals surface area contributed by atoms with Crippen molar-refractivity contribution in [1.29, 1.82) is 0 Å². The summed E-state index contributed by atoms with van der Waals surface area (Å²) in [5.74, 6) is -0.750. The number of rotatable bonds is 3. The highest BCUT2D eigenvalue weighted by Crippen LogP contribution is 2.40. The average Bonchev–Trinajstić information content (AvgIpc) is 2.59. The molecule has 0 saturated carbocycles. The number of fused-ring (bicyclic) bond motifs is 1. The quantitative estimate of drug-likeness (QED) is 0.889. The van der Waals surface area contributed by atoms with Crippen molar-refractivity contribution in [3.8, 4) is 11.5 Å². The van der Waals surface area contributed by atoms with Gasteiger partial charge in [0.15, 0.2) is 17.6 Å². The standard InChI is InChI=1S/C14H17FO5/c1-14(2,15)9-7-11-10(19-4-3-5-20-11)6-8(9)12(16)13(17)18/h6-7,12,16H,3-5H2,1-2H3,(H,17,18). The first-order chi connectivity index (χ1) is 9.30. The smallest absolute Gasteiger partial charge is 0.337 e. The minimum atomic E-state index is -1.81. The van der Waals surface area contributed by atoms with Crippen LogP contribution in [0.25, 0.3) is 0 Å². The van der Waals surface area contributed by atoms with Gasteiger partial charge in [0.2, 0.25) is 0 Å². The summed E-state index contributed by atoms with van der Waals surface area (Å²) >= 11 is 0. The van der Waals surface area contributed by atoms with Gasteiger partial charge in [0.1, 0.15) is 5.67 Å². The van der Waals surface area contributed by atoms with Gasteiger partial charge in [0, 0.05) is 12.0 Å². The zero-order chi connectivity index (χ0) is 14.9. The summed E-state index contributed by atoms with van der Waals surface area (Å²) in [7, 11) is 0. The first kappa shape index (κ1) is 14.6. The lowest BCUT2D eigenvalue weighted by molar-refractivity contribution is -0.147. The Morgan fingerprint density at radius 3 is 2.35 bits per heavy atom. The number of hydrogen-bond donors (Lipinski definition) is 2. The molecule has 0 bridgehead atoms. The fourth-order valence-corrected chi connectivity index (χ4v) is 2.10. The van der Waals surface area contributed by atoms with E-state index in [9.17, 15) is 14.3 Å². The van der Waals surface area contributed by atoms with Crippen molar-refractivity contribution >= 4 is 5.97 Å². The third-order valence-corrected chi connectivity index (χ3v) is 3.09. The van der Waals surface area contributed by atoms with Crippen molar-refractivity contribution in [1.82, 2.24) is 0 Å². The van der Waals surface area contributed by atoms with Gasteiger partial charge < -0.3 is 19.7 Å². The lowest BCUT2D eigenvalue weighted by Crippen LogP contribution is -2.19. The molecule has 1 aliphatic rings. The van der Waals surface area contributed by atoms with E-state index in [1.807, 2.05) is 0 Å². The number of aliphatic hydroxyl groups is 1. The second-order valence-electron chi connectivity index (χ2n) is 5.15. The molecule has 20 heavy (non-hydrogen) atoms. The van der Waals surface area contributed by atoms with Crippen LogP contribution in [0, 0.1) is 0 Å². The molecule has 1 aromatic carbocycles. The van der Waals surface area contributed by atoms with Crippen LogP contribution in [0.5, 0.6) is 11.5 Å². The summed E-state index contributed by atoms with van der Waals surface area (Å²) in [6, 6.07) is 2.75. The Balaban J connectivity index is 2.58. The maximum atomic E-state index is 14.3. The van der Waals surface area contributed by atoms with Gasteiger partial charge in [-0.25, -0.2) is 9.18 Å². The summed E-state index contributed by atoms with van der Waals surface area (Å²) in [5, 5.41) is 18.7. The largest absolute Gasteiger partial charge is 0.490 e. The minimum Gasteiger partial charge on any atom is -0.490 e. The Bertz CT molecular complexity index is 521. The van der Waals surface area contributed by atoms with Gasteiger partial charge in [-0.1, -0.05) is 0 Å². The highest BCUT2D eigenvalue weighted by atomic mass is 19.1. The van der Waals surface area contributed by atoms with Crippen LogP contribution in [0.3, 0.4) is 0 Å². The van der Waals surface area contributed by atoms with E-state index in [0.717, 1.165) is 0 Å². The SMILES string of the molecule is CC(C)(F)c1cc2c(cc1C(O)C(=O)O)OCCCO2. The molecule has 0 spiro atoms. The number of carboxylic acids is 1. The van der Waals surface area contributed by atoms with Crippen molar-refractivity contribution in [3.05, 3.63) is 23.3 Å². The predicted molar refractivity (Wildman–Crippen MR) is 68.8 cm³/mol. The zero-order valence-corrected chi connectivity index (χ0v) is 11.4. The van der Waals surface area contributed by atoms with Crippen LogP contribution in [0.2, 0.25) is 0 Å². The van der Waals surface area contributed by atoms with Gasteiger partial charge in [-0.15, -0.1) is 0 Å². The lowest BCUT2D eigenvalue weighted by Gasteiger charge is -2.22. The second kappa shape index (κ2) is 5.28. The van der Waals surface area contributed by atoms with Crippen LogP contribution in [0.4, 0.5) is 4.39 Å². The van der Waals surface area contributed by atoms with E-state index < -0.39 is 17.7 Å². The number of aliphatic carboxylic acids is 1. The maximum Gasteiger partial charge on any atom is 0.337 e. The molecule has 2 rings (SSSR count). The minimum absolute atomic E-state index is 0.0192. The number of aliphatic hydroxyl groups excluding tert-OH is 1. The predicted octanol–water partition coefficient (Wildman–Crippen LogP) is 2.17. The second-order valence-corrected chi connectivity index (χ2v) is 5.15. The van der Waals surface area contributed by atoms with Crippen LogP contribution < -0.4 is 9.47 Å². The van der Waals surface area contributed by atoms with E-state index in [1.165, 1.54) is 26.0 Å². The first-order valence-corrected chi connectivity index (χ1v) is 6.34. The summed E-state index contributed by atoms with van der Waals surface area (Å²) < 4.78 is 25.2. The fourth-order valence-electron chi connectivity index (χ4n) is 2.10. The molecule has 2 N–H and O–H groups in total. The Labute approximate surface area is 115 Å². The monoisotopic (exact) mass is 284 g/mol. The van der Waals surface area contributed by atoms with Gasteiger partial charge in [-0.05, 0) is 31.5 Å². The molecule has 110 valence electrons. The first-order valence-electron chi connectivity index (χ1n) is 6.34. The molecule has 1 unspecified atom stereocenters. The number of carbonyl (C=O) groups is 1. The molecule has 0 fully saturated rings.